The number of para-hydroxylation sites is 1. The number of likely N-dealkylation sites (N-methyl/N-ethyl adjacent to an activating group) is 1. The molecule has 0 N–H and O–H groups in total. The second-order valence-corrected chi connectivity index (χ2v) is 4.83. The Hall–Kier alpha value is -1.35. The lowest BCUT2D eigenvalue weighted by Gasteiger charge is -2.38. The molecule has 0 bridgehead atoms. The Kier molecular flexibility index (Phi) is 5.55. The molecule has 1 aromatic carbocycles. The van der Waals surface area contributed by atoms with Gasteiger partial charge in [0, 0.05) is 0 Å². The van der Waals surface area contributed by atoms with E-state index in [1.54, 1.807) is 7.11 Å². The maximum atomic E-state index is 12.9. The third-order valence-corrected chi connectivity index (χ3v) is 3.99. The van der Waals surface area contributed by atoms with E-state index in [0.29, 0.717) is 11.3 Å². The van der Waals surface area contributed by atoms with Gasteiger partial charge in [-0.25, -0.2) is 0 Å². The van der Waals surface area contributed by atoms with E-state index in [0.717, 1.165) is 19.5 Å². The molecule has 0 aromatic heterocycles. The van der Waals surface area contributed by atoms with Gasteiger partial charge in [-0.2, -0.15) is 0 Å². The van der Waals surface area contributed by atoms with Crippen LogP contribution in [-0.4, -0.2) is 36.4 Å². The van der Waals surface area contributed by atoms with Gasteiger partial charge in [0.15, 0.2) is 5.78 Å². The molecule has 0 saturated heterocycles. The zero-order valence-electron chi connectivity index (χ0n) is 12.7. The average Bonchev–Trinajstić information content (AvgIpc) is 2.47. The van der Waals surface area contributed by atoms with Crippen LogP contribution in [-0.2, 0) is 0 Å². The largest absolute Gasteiger partial charge is 0.496 e. The van der Waals surface area contributed by atoms with Crippen molar-refractivity contribution >= 4 is 5.78 Å². The second kappa shape index (κ2) is 6.71. The van der Waals surface area contributed by atoms with Crippen LogP contribution in [0.25, 0.3) is 0 Å². The van der Waals surface area contributed by atoms with Gasteiger partial charge in [-0.15, -0.1) is 0 Å². The van der Waals surface area contributed by atoms with Gasteiger partial charge in [0.25, 0.3) is 0 Å². The molecule has 106 valence electrons. The van der Waals surface area contributed by atoms with Crippen LogP contribution in [0, 0.1) is 0 Å². The fraction of sp³-hybridized carbons (Fsp3) is 0.562. The van der Waals surface area contributed by atoms with Gasteiger partial charge in [0.05, 0.1) is 18.2 Å². The summed E-state index contributed by atoms with van der Waals surface area (Å²) < 4.78 is 5.31. The normalized spacial score (nSPS) is 14.2. The number of hydrogen-bond acceptors (Lipinski definition) is 3. The minimum absolute atomic E-state index is 0.135. The predicted molar refractivity (Wildman–Crippen MR) is 78.9 cm³/mol. The van der Waals surface area contributed by atoms with Crippen molar-refractivity contribution in [2.75, 3.05) is 20.2 Å². The standard InChI is InChI=1S/C16H25NO2/c1-6-16(4,17(7-2)8-3)15(18)13-11-9-10-12-14(13)19-5/h9-12H,6-8H2,1-5H3. The van der Waals surface area contributed by atoms with Gasteiger partial charge in [-0.05, 0) is 38.6 Å². The van der Waals surface area contributed by atoms with Crippen molar-refractivity contribution in [2.45, 2.75) is 39.7 Å². The number of carbonyl (C=O) groups excluding carboxylic acids is 1. The summed E-state index contributed by atoms with van der Waals surface area (Å²) in [6.07, 6.45) is 0.783. The molecule has 1 unspecified atom stereocenters. The van der Waals surface area contributed by atoms with Crippen LogP contribution < -0.4 is 4.74 Å². The number of ketones is 1. The number of Topliss-reactive ketones (excluding diaryl/α,β-unsaturated/α-hetero) is 1. The molecule has 0 fully saturated rings. The third-order valence-electron chi connectivity index (χ3n) is 3.99. The Bertz CT molecular complexity index is 427. The van der Waals surface area contributed by atoms with Crippen molar-refractivity contribution in [1.82, 2.24) is 4.90 Å². The fourth-order valence-corrected chi connectivity index (χ4v) is 2.57. The van der Waals surface area contributed by atoms with Gasteiger partial charge in [-0.1, -0.05) is 32.9 Å². The summed E-state index contributed by atoms with van der Waals surface area (Å²) in [6, 6.07) is 7.45. The van der Waals surface area contributed by atoms with Crippen LogP contribution in [0.1, 0.15) is 44.5 Å². The van der Waals surface area contributed by atoms with E-state index in [4.69, 9.17) is 4.74 Å². The van der Waals surface area contributed by atoms with Crippen LogP contribution in [0.3, 0.4) is 0 Å². The van der Waals surface area contributed by atoms with E-state index >= 15 is 0 Å². The van der Waals surface area contributed by atoms with Crippen LogP contribution in [0.15, 0.2) is 24.3 Å². The molecule has 3 heteroatoms. The molecule has 0 saturated carbocycles. The smallest absolute Gasteiger partial charge is 0.186 e. The van der Waals surface area contributed by atoms with E-state index in [1.165, 1.54) is 0 Å². The average molecular weight is 263 g/mol. The number of benzene rings is 1. The molecular formula is C16H25NO2. The fourth-order valence-electron chi connectivity index (χ4n) is 2.57. The van der Waals surface area contributed by atoms with Crippen LogP contribution in [0.2, 0.25) is 0 Å². The first kappa shape index (κ1) is 15.7. The van der Waals surface area contributed by atoms with Crippen molar-refractivity contribution in [3.05, 3.63) is 29.8 Å². The Labute approximate surface area is 116 Å². The van der Waals surface area contributed by atoms with Crippen LogP contribution >= 0.6 is 0 Å². The molecule has 19 heavy (non-hydrogen) atoms. The van der Waals surface area contributed by atoms with Gasteiger partial charge in [-0.3, -0.25) is 9.69 Å². The number of nitrogens with zero attached hydrogens (tertiary/aromatic N) is 1. The lowest BCUT2D eigenvalue weighted by atomic mass is 9.86. The van der Waals surface area contributed by atoms with Crippen LogP contribution in [0.4, 0.5) is 0 Å². The maximum absolute atomic E-state index is 12.9. The Morgan fingerprint density at radius 2 is 1.79 bits per heavy atom. The van der Waals surface area contributed by atoms with Gasteiger partial charge in [0.2, 0.25) is 0 Å². The summed E-state index contributed by atoms with van der Waals surface area (Å²) >= 11 is 0. The summed E-state index contributed by atoms with van der Waals surface area (Å²) in [5.74, 6) is 0.787. The lowest BCUT2D eigenvalue weighted by molar-refractivity contribution is 0.0604. The minimum atomic E-state index is -0.474. The number of hydrogen-bond donors (Lipinski definition) is 0. The van der Waals surface area contributed by atoms with E-state index in [9.17, 15) is 4.79 Å². The summed E-state index contributed by atoms with van der Waals surface area (Å²) in [5, 5.41) is 0. The lowest BCUT2D eigenvalue weighted by Crippen LogP contribution is -2.52. The van der Waals surface area contributed by atoms with Gasteiger partial charge < -0.3 is 4.74 Å². The molecule has 3 nitrogen and oxygen atoms in total. The summed E-state index contributed by atoms with van der Waals surface area (Å²) in [4.78, 5) is 15.1. The monoisotopic (exact) mass is 263 g/mol. The first-order valence-corrected chi connectivity index (χ1v) is 6.97. The molecule has 0 spiro atoms. The Morgan fingerprint density at radius 1 is 1.21 bits per heavy atom. The molecule has 0 aliphatic carbocycles. The highest BCUT2D eigenvalue weighted by atomic mass is 16.5. The molecule has 0 radical (unpaired) electrons. The topological polar surface area (TPSA) is 29.5 Å². The van der Waals surface area contributed by atoms with Gasteiger partial charge >= 0.3 is 0 Å². The van der Waals surface area contributed by atoms with Gasteiger partial charge in [0.1, 0.15) is 5.75 Å². The second-order valence-electron chi connectivity index (χ2n) is 4.83. The van der Waals surface area contributed by atoms with E-state index in [2.05, 4.69) is 25.7 Å². The highest BCUT2D eigenvalue weighted by Gasteiger charge is 2.37. The first-order valence-electron chi connectivity index (χ1n) is 6.97. The highest BCUT2D eigenvalue weighted by Crippen LogP contribution is 2.28. The maximum Gasteiger partial charge on any atom is 0.186 e. The molecule has 1 atom stereocenters. The molecule has 0 heterocycles. The van der Waals surface area contributed by atoms with E-state index < -0.39 is 5.54 Å². The Balaban J connectivity index is 3.21. The minimum Gasteiger partial charge on any atom is -0.496 e. The van der Waals surface area contributed by atoms with Crippen molar-refractivity contribution in [3.8, 4) is 5.75 Å². The van der Waals surface area contributed by atoms with E-state index in [1.807, 2.05) is 31.2 Å². The predicted octanol–water partition coefficient (Wildman–Crippen LogP) is 3.39. The molecule has 0 amide bonds. The Morgan fingerprint density at radius 3 is 2.26 bits per heavy atom. The van der Waals surface area contributed by atoms with Crippen molar-refractivity contribution < 1.29 is 9.53 Å². The number of methoxy groups -OCH3 is 1. The van der Waals surface area contributed by atoms with E-state index in [-0.39, 0.29) is 5.78 Å². The number of rotatable bonds is 7. The summed E-state index contributed by atoms with van der Waals surface area (Å²) in [6.45, 7) is 9.99. The zero-order chi connectivity index (χ0) is 14.5. The molecular weight excluding hydrogens is 238 g/mol. The first-order chi connectivity index (χ1) is 9.04. The number of carbonyl (C=O) groups is 1. The van der Waals surface area contributed by atoms with Crippen molar-refractivity contribution in [3.63, 3.8) is 0 Å². The quantitative estimate of drug-likeness (QED) is 0.706. The SMILES string of the molecule is CCN(CC)C(C)(CC)C(=O)c1ccccc1OC. The molecule has 0 aliphatic heterocycles. The molecule has 0 aliphatic rings. The molecule has 1 aromatic rings. The van der Waals surface area contributed by atoms with Crippen molar-refractivity contribution in [1.29, 1.82) is 0 Å². The highest BCUT2D eigenvalue weighted by molar-refractivity contribution is 6.05. The molecule has 1 rings (SSSR count). The zero-order valence-corrected chi connectivity index (χ0v) is 12.7. The van der Waals surface area contributed by atoms with Crippen LogP contribution in [0.5, 0.6) is 5.75 Å². The summed E-state index contributed by atoms with van der Waals surface area (Å²) in [7, 11) is 1.60. The van der Waals surface area contributed by atoms with Crippen molar-refractivity contribution in [2.24, 2.45) is 0 Å². The third kappa shape index (κ3) is 2.98. The summed E-state index contributed by atoms with van der Waals surface area (Å²) in [5.41, 5.74) is 0.194. The number of ether oxygens (including phenoxy) is 1.